The molecule has 0 saturated carbocycles. The Kier molecular flexibility index (Phi) is 5.35. The summed E-state index contributed by atoms with van der Waals surface area (Å²) in [6, 6.07) is -0.502. The van der Waals surface area contributed by atoms with Gasteiger partial charge in [0, 0.05) is 17.8 Å². The third kappa shape index (κ3) is 4.16. The molecule has 2 heterocycles. The van der Waals surface area contributed by atoms with Crippen molar-refractivity contribution in [3.63, 3.8) is 0 Å². The summed E-state index contributed by atoms with van der Waals surface area (Å²) in [6.45, 7) is 12.0. The molecule has 1 aliphatic rings. The van der Waals surface area contributed by atoms with E-state index >= 15 is 0 Å². The molecular weight excluding hydrogens is 306 g/mol. The summed E-state index contributed by atoms with van der Waals surface area (Å²) < 4.78 is 5.56. The van der Waals surface area contributed by atoms with Crippen molar-refractivity contribution in [1.82, 2.24) is 15.1 Å². The fourth-order valence-electron chi connectivity index (χ4n) is 3.28. The summed E-state index contributed by atoms with van der Waals surface area (Å²) in [5.74, 6) is -0.238. The van der Waals surface area contributed by atoms with E-state index in [2.05, 4.69) is 10.2 Å². The number of amides is 1. The fourth-order valence-corrected chi connectivity index (χ4v) is 3.28. The summed E-state index contributed by atoms with van der Waals surface area (Å²) in [6.07, 6.45) is 2.10. The second kappa shape index (κ2) is 6.95. The number of hydrogen-bond acceptors (Lipinski definition) is 4. The highest BCUT2D eigenvalue weighted by Crippen LogP contribution is 2.27. The van der Waals surface area contributed by atoms with Gasteiger partial charge in [-0.3, -0.25) is 9.89 Å². The number of nitrogens with one attached hydrogen (secondary N) is 1. The molecule has 0 radical (unpaired) electrons. The highest BCUT2D eigenvalue weighted by Gasteiger charge is 2.39. The Hall–Kier alpha value is -1.85. The lowest BCUT2D eigenvalue weighted by Crippen LogP contribution is -2.54. The van der Waals surface area contributed by atoms with Crippen LogP contribution >= 0.6 is 0 Å². The van der Waals surface area contributed by atoms with Crippen LogP contribution in [0.4, 0.5) is 0 Å². The standard InChI is InChI=1S/C18H29N3O3/c1-11-8-7-9-21(16(11)17(23)24-18(4,5)6)15(22)10-14-12(2)19-20-13(14)3/h11,16H,7-10H2,1-6H3,(H,19,20). The third-order valence-corrected chi connectivity index (χ3v) is 4.51. The van der Waals surface area contributed by atoms with Crippen LogP contribution in [0.1, 0.15) is 57.5 Å². The lowest BCUT2D eigenvalue weighted by molar-refractivity contribution is -0.168. The van der Waals surface area contributed by atoms with Crippen LogP contribution in [0.3, 0.4) is 0 Å². The molecule has 0 aliphatic carbocycles. The maximum absolute atomic E-state index is 12.9. The topological polar surface area (TPSA) is 75.3 Å². The van der Waals surface area contributed by atoms with Crippen LogP contribution in [0.15, 0.2) is 0 Å². The van der Waals surface area contributed by atoms with Crippen molar-refractivity contribution in [2.45, 2.75) is 72.4 Å². The Bertz CT molecular complexity index is 596. The van der Waals surface area contributed by atoms with Gasteiger partial charge in [0.2, 0.25) is 5.91 Å². The Morgan fingerprint density at radius 1 is 1.33 bits per heavy atom. The zero-order valence-corrected chi connectivity index (χ0v) is 15.6. The first-order valence-corrected chi connectivity index (χ1v) is 8.63. The van der Waals surface area contributed by atoms with Gasteiger partial charge in [0.1, 0.15) is 11.6 Å². The highest BCUT2D eigenvalue weighted by atomic mass is 16.6. The molecule has 0 aromatic carbocycles. The number of aromatic amines is 1. The lowest BCUT2D eigenvalue weighted by Gasteiger charge is -2.39. The minimum absolute atomic E-state index is 0.0370. The second-order valence-electron chi connectivity index (χ2n) is 7.77. The van der Waals surface area contributed by atoms with E-state index in [1.165, 1.54) is 0 Å². The van der Waals surface area contributed by atoms with Crippen LogP contribution in [0.25, 0.3) is 0 Å². The number of nitrogens with zero attached hydrogens (tertiary/aromatic N) is 2. The fraction of sp³-hybridized carbons (Fsp3) is 0.722. The number of esters is 1. The van der Waals surface area contributed by atoms with Crippen LogP contribution in [-0.4, -0.2) is 45.2 Å². The first-order chi connectivity index (χ1) is 11.1. The molecule has 2 atom stereocenters. The van der Waals surface area contributed by atoms with E-state index in [1.807, 2.05) is 41.5 Å². The van der Waals surface area contributed by atoms with Crippen LogP contribution in [0, 0.1) is 19.8 Å². The van der Waals surface area contributed by atoms with Crippen molar-refractivity contribution in [1.29, 1.82) is 0 Å². The molecule has 1 fully saturated rings. The number of piperidine rings is 1. The largest absolute Gasteiger partial charge is 0.458 e. The van der Waals surface area contributed by atoms with Crippen LogP contribution in [0.5, 0.6) is 0 Å². The van der Waals surface area contributed by atoms with Crippen molar-refractivity contribution >= 4 is 11.9 Å². The van der Waals surface area contributed by atoms with Gasteiger partial charge in [0.15, 0.2) is 0 Å². The smallest absolute Gasteiger partial charge is 0.329 e. The van der Waals surface area contributed by atoms with Crippen molar-refractivity contribution in [3.8, 4) is 0 Å². The Morgan fingerprint density at radius 3 is 2.54 bits per heavy atom. The minimum atomic E-state index is -0.555. The molecule has 24 heavy (non-hydrogen) atoms. The molecule has 6 nitrogen and oxygen atoms in total. The SMILES string of the molecule is Cc1n[nH]c(C)c1CC(=O)N1CCCC(C)C1C(=O)OC(C)(C)C. The number of aryl methyl sites for hydroxylation is 2. The van der Waals surface area contributed by atoms with Gasteiger partial charge < -0.3 is 9.64 Å². The quantitative estimate of drug-likeness (QED) is 0.861. The zero-order valence-electron chi connectivity index (χ0n) is 15.6. The summed E-state index contributed by atoms with van der Waals surface area (Å²) >= 11 is 0. The summed E-state index contributed by atoms with van der Waals surface area (Å²) in [4.78, 5) is 27.2. The molecule has 1 N–H and O–H groups in total. The molecule has 2 unspecified atom stereocenters. The van der Waals surface area contributed by atoms with E-state index in [0.717, 1.165) is 29.8 Å². The molecule has 1 saturated heterocycles. The third-order valence-electron chi connectivity index (χ3n) is 4.51. The molecule has 6 heteroatoms. The molecule has 1 aliphatic heterocycles. The predicted molar refractivity (Wildman–Crippen MR) is 91.5 cm³/mol. The van der Waals surface area contributed by atoms with Crippen LogP contribution in [0.2, 0.25) is 0 Å². The van der Waals surface area contributed by atoms with Gasteiger partial charge in [-0.2, -0.15) is 5.10 Å². The average Bonchev–Trinajstić information content (AvgIpc) is 2.76. The minimum Gasteiger partial charge on any atom is -0.458 e. The van der Waals surface area contributed by atoms with Gasteiger partial charge in [-0.25, -0.2) is 4.79 Å². The van der Waals surface area contributed by atoms with Crippen molar-refractivity contribution < 1.29 is 14.3 Å². The molecule has 2 rings (SSSR count). The number of ether oxygens (including phenoxy) is 1. The summed E-state index contributed by atoms with van der Waals surface area (Å²) in [7, 11) is 0. The van der Waals surface area contributed by atoms with Crippen LogP contribution < -0.4 is 0 Å². The van der Waals surface area contributed by atoms with E-state index in [0.29, 0.717) is 6.54 Å². The van der Waals surface area contributed by atoms with Gasteiger partial charge in [0.25, 0.3) is 0 Å². The number of carbonyl (C=O) groups is 2. The first-order valence-electron chi connectivity index (χ1n) is 8.63. The van der Waals surface area contributed by atoms with E-state index in [4.69, 9.17) is 4.74 Å². The summed E-state index contributed by atoms with van der Waals surface area (Å²) in [5.41, 5.74) is 2.10. The van der Waals surface area contributed by atoms with Gasteiger partial charge in [-0.15, -0.1) is 0 Å². The number of carbonyl (C=O) groups excluding carboxylic acids is 2. The Morgan fingerprint density at radius 2 is 2.00 bits per heavy atom. The normalized spacial score (nSPS) is 21.7. The predicted octanol–water partition coefficient (Wildman–Crippen LogP) is 2.54. The molecule has 1 aromatic heterocycles. The van der Waals surface area contributed by atoms with Gasteiger partial charge >= 0.3 is 5.97 Å². The number of rotatable bonds is 3. The monoisotopic (exact) mass is 335 g/mol. The van der Waals surface area contributed by atoms with Crippen molar-refractivity contribution in [2.24, 2.45) is 5.92 Å². The first kappa shape index (κ1) is 18.5. The number of H-pyrrole nitrogens is 1. The van der Waals surface area contributed by atoms with E-state index in [9.17, 15) is 9.59 Å². The zero-order chi connectivity index (χ0) is 18.1. The molecule has 0 bridgehead atoms. The molecule has 1 aromatic rings. The second-order valence-corrected chi connectivity index (χ2v) is 7.77. The number of aromatic nitrogens is 2. The van der Waals surface area contributed by atoms with Gasteiger partial charge in [0.05, 0.1) is 12.1 Å². The molecule has 0 spiro atoms. The Labute approximate surface area is 143 Å². The number of likely N-dealkylation sites (tertiary alicyclic amines) is 1. The van der Waals surface area contributed by atoms with Gasteiger partial charge in [-0.1, -0.05) is 6.92 Å². The Balaban J connectivity index is 2.18. The van der Waals surface area contributed by atoms with Crippen LogP contribution in [-0.2, 0) is 20.7 Å². The van der Waals surface area contributed by atoms with Gasteiger partial charge in [-0.05, 0) is 53.4 Å². The maximum atomic E-state index is 12.9. The lowest BCUT2D eigenvalue weighted by atomic mass is 9.90. The summed E-state index contributed by atoms with van der Waals surface area (Å²) in [5, 5.41) is 7.05. The van der Waals surface area contributed by atoms with E-state index in [-0.39, 0.29) is 24.2 Å². The van der Waals surface area contributed by atoms with E-state index in [1.54, 1.807) is 4.90 Å². The maximum Gasteiger partial charge on any atom is 0.329 e. The highest BCUT2D eigenvalue weighted by molar-refractivity contribution is 5.86. The van der Waals surface area contributed by atoms with Crippen molar-refractivity contribution in [3.05, 3.63) is 17.0 Å². The van der Waals surface area contributed by atoms with Crippen molar-refractivity contribution in [2.75, 3.05) is 6.54 Å². The van der Waals surface area contributed by atoms with E-state index < -0.39 is 11.6 Å². The molecule has 134 valence electrons. The average molecular weight is 335 g/mol. The molecular formula is C18H29N3O3. The number of hydrogen-bond donors (Lipinski definition) is 1. The molecule has 1 amide bonds.